The average molecular weight is 248 g/mol. The van der Waals surface area contributed by atoms with Crippen LogP contribution in [0.1, 0.15) is 19.3 Å². The summed E-state index contributed by atoms with van der Waals surface area (Å²) in [5.41, 5.74) is 0. The van der Waals surface area contributed by atoms with Crippen molar-refractivity contribution in [1.29, 1.82) is 5.41 Å². The highest BCUT2D eigenvalue weighted by Crippen LogP contribution is 2.09. The number of carbonyl (C=O) groups is 1. The fourth-order valence-electron chi connectivity index (χ4n) is 1.26. The van der Waals surface area contributed by atoms with Gasteiger partial charge < -0.3 is 5.32 Å². The smallest absolute Gasteiger partial charge is 0.322 e. The Morgan fingerprint density at radius 1 is 1.69 bits per heavy atom. The number of urea groups is 1. The van der Waals surface area contributed by atoms with Gasteiger partial charge in [-0.1, -0.05) is 15.9 Å². The molecule has 5 heteroatoms. The molecule has 1 saturated heterocycles. The fourth-order valence-corrected chi connectivity index (χ4v) is 1.54. The van der Waals surface area contributed by atoms with Gasteiger partial charge in [-0.3, -0.25) is 10.3 Å². The second-order valence-corrected chi connectivity index (χ2v) is 3.77. The lowest BCUT2D eigenvalue weighted by molar-refractivity contribution is 0.223. The molecule has 0 spiro atoms. The summed E-state index contributed by atoms with van der Waals surface area (Å²) < 4.78 is 0. The molecule has 0 bridgehead atoms. The normalized spacial score (nSPS) is 16.4. The summed E-state index contributed by atoms with van der Waals surface area (Å²) in [5, 5.41) is 11.1. The summed E-state index contributed by atoms with van der Waals surface area (Å²) in [6.45, 7) is 1.37. The molecule has 2 amide bonds. The van der Waals surface area contributed by atoms with Gasteiger partial charge in [0.15, 0.2) is 0 Å². The highest BCUT2D eigenvalue weighted by Gasteiger charge is 2.22. The summed E-state index contributed by atoms with van der Waals surface area (Å²) in [5.74, 6) is 0.441. The van der Waals surface area contributed by atoms with Gasteiger partial charge in [-0.15, -0.1) is 0 Å². The zero-order chi connectivity index (χ0) is 9.68. The van der Waals surface area contributed by atoms with E-state index in [1.165, 1.54) is 4.90 Å². The maximum atomic E-state index is 11.4. The number of hydrogen-bond donors (Lipinski definition) is 2. The van der Waals surface area contributed by atoms with Crippen LogP contribution in [0.5, 0.6) is 0 Å². The third kappa shape index (κ3) is 2.99. The molecule has 4 nitrogen and oxygen atoms in total. The molecule has 0 radical (unpaired) electrons. The summed E-state index contributed by atoms with van der Waals surface area (Å²) in [6, 6.07) is -0.122. The molecular weight excluding hydrogens is 234 g/mol. The van der Waals surface area contributed by atoms with Crippen molar-refractivity contribution >= 4 is 27.8 Å². The first-order valence-corrected chi connectivity index (χ1v) is 5.56. The van der Waals surface area contributed by atoms with E-state index < -0.39 is 0 Å². The fraction of sp³-hybridized carbons (Fsp3) is 0.750. The van der Waals surface area contributed by atoms with Crippen molar-refractivity contribution < 1.29 is 4.79 Å². The van der Waals surface area contributed by atoms with E-state index in [2.05, 4.69) is 21.2 Å². The Bertz CT molecular complexity index is 208. The first-order valence-electron chi connectivity index (χ1n) is 4.44. The molecule has 2 N–H and O–H groups in total. The van der Waals surface area contributed by atoms with Crippen molar-refractivity contribution in [3.05, 3.63) is 0 Å². The van der Waals surface area contributed by atoms with Crippen LogP contribution in [0, 0.1) is 5.41 Å². The highest BCUT2D eigenvalue weighted by molar-refractivity contribution is 9.09. The van der Waals surface area contributed by atoms with E-state index in [9.17, 15) is 4.79 Å². The Morgan fingerprint density at radius 3 is 3.00 bits per heavy atom. The van der Waals surface area contributed by atoms with Gasteiger partial charge in [0.1, 0.15) is 5.84 Å². The number of carbonyl (C=O) groups excluding carboxylic acids is 1. The first-order chi connectivity index (χ1) is 6.25. The maximum Gasteiger partial charge on any atom is 0.322 e. The summed E-state index contributed by atoms with van der Waals surface area (Å²) in [4.78, 5) is 12.9. The minimum Gasteiger partial charge on any atom is -0.338 e. The van der Waals surface area contributed by atoms with Crippen molar-refractivity contribution in [1.82, 2.24) is 10.2 Å². The van der Waals surface area contributed by atoms with Gasteiger partial charge in [-0.2, -0.15) is 0 Å². The Morgan fingerprint density at radius 2 is 2.46 bits per heavy atom. The molecule has 1 aliphatic heterocycles. The molecule has 1 rings (SSSR count). The lowest BCUT2D eigenvalue weighted by Crippen LogP contribution is -2.40. The number of amides is 2. The highest BCUT2D eigenvalue weighted by atomic mass is 79.9. The third-order valence-electron chi connectivity index (χ3n) is 1.95. The van der Waals surface area contributed by atoms with Gasteiger partial charge >= 0.3 is 6.03 Å². The summed E-state index contributed by atoms with van der Waals surface area (Å²) in [7, 11) is 0. The molecule has 0 unspecified atom stereocenters. The lowest BCUT2D eigenvalue weighted by atomic mass is 10.4. The van der Waals surface area contributed by atoms with Gasteiger partial charge in [0.2, 0.25) is 0 Å². The molecular formula is C8H14BrN3O. The molecule has 0 atom stereocenters. The number of hydrogen-bond acceptors (Lipinski definition) is 2. The SMILES string of the molecule is N=C1CCCN1C(=O)NCCCBr. The first kappa shape index (κ1) is 10.5. The van der Waals surface area contributed by atoms with Crippen LogP contribution in [0.4, 0.5) is 4.79 Å². The zero-order valence-corrected chi connectivity index (χ0v) is 9.06. The van der Waals surface area contributed by atoms with Crippen LogP contribution in [0.15, 0.2) is 0 Å². The molecule has 0 aliphatic carbocycles. The third-order valence-corrected chi connectivity index (χ3v) is 2.51. The molecule has 0 saturated carbocycles. The van der Waals surface area contributed by atoms with Crippen LogP contribution < -0.4 is 5.32 Å². The lowest BCUT2D eigenvalue weighted by Gasteiger charge is -2.15. The summed E-state index contributed by atoms with van der Waals surface area (Å²) in [6.07, 6.45) is 2.57. The molecule has 74 valence electrons. The van der Waals surface area contributed by atoms with E-state index in [1.54, 1.807) is 0 Å². The minimum atomic E-state index is -0.122. The quantitative estimate of drug-likeness (QED) is 0.577. The predicted octanol–water partition coefficient (Wildman–Crippen LogP) is 1.55. The van der Waals surface area contributed by atoms with Crippen molar-refractivity contribution in [3.63, 3.8) is 0 Å². The topological polar surface area (TPSA) is 56.2 Å². The van der Waals surface area contributed by atoms with Crippen LogP contribution >= 0.6 is 15.9 Å². The van der Waals surface area contributed by atoms with Crippen LogP contribution in [-0.2, 0) is 0 Å². The van der Waals surface area contributed by atoms with Crippen molar-refractivity contribution in [2.75, 3.05) is 18.4 Å². The van der Waals surface area contributed by atoms with Crippen LogP contribution in [0.2, 0.25) is 0 Å². The van der Waals surface area contributed by atoms with E-state index in [0.717, 1.165) is 24.6 Å². The van der Waals surface area contributed by atoms with Crippen molar-refractivity contribution in [2.24, 2.45) is 0 Å². The Balaban J connectivity index is 2.26. The van der Waals surface area contributed by atoms with Crippen molar-refractivity contribution in [3.8, 4) is 0 Å². The van der Waals surface area contributed by atoms with Gasteiger partial charge in [0.05, 0.1) is 0 Å². The number of nitrogens with one attached hydrogen (secondary N) is 2. The molecule has 1 heterocycles. The van der Waals surface area contributed by atoms with E-state index >= 15 is 0 Å². The largest absolute Gasteiger partial charge is 0.338 e. The van der Waals surface area contributed by atoms with Gasteiger partial charge in [0, 0.05) is 24.8 Å². The Hall–Kier alpha value is -0.580. The predicted molar refractivity (Wildman–Crippen MR) is 55.5 cm³/mol. The number of amidine groups is 1. The molecule has 1 fully saturated rings. The second kappa shape index (κ2) is 5.21. The molecule has 13 heavy (non-hydrogen) atoms. The number of halogens is 1. The molecule has 0 aromatic heterocycles. The van der Waals surface area contributed by atoms with E-state index in [1.807, 2.05) is 0 Å². The van der Waals surface area contributed by atoms with Crippen LogP contribution in [0.3, 0.4) is 0 Å². The Labute approximate surface area is 86.3 Å². The summed E-state index contributed by atoms with van der Waals surface area (Å²) >= 11 is 3.29. The number of rotatable bonds is 3. The number of likely N-dealkylation sites (tertiary alicyclic amines) is 1. The van der Waals surface area contributed by atoms with Gasteiger partial charge in [0.25, 0.3) is 0 Å². The number of nitrogens with zero attached hydrogens (tertiary/aromatic N) is 1. The molecule has 0 aromatic carbocycles. The molecule has 1 aliphatic rings. The minimum absolute atomic E-state index is 0.122. The van der Waals surface area contributed by atoms with Gasteiger partial charge in [-0.25, -0.2) is 4.79 Å². The van der Waals surface area contributed by atoms with E-state index in [0.29, 0.717) is 18.9 Å². The maximum absolute atomic E-state index is 11.4. The monoisotopic (exact) mass is 247 g/mol. The second-order valence-electron chi connectivity index (χ2n) is 2.98. The van der Waals surface area contributed by atoms with Gasteiger partial charge in [-0.05, 0) is 12.8 Å². The average Bonchev–Trinajstić information content (AvgIpc) is 2.52. The number of alkyl halides is 1. The molecule has 0 aromatic rings. The van der Waals surface area contributed by atoms with Crippen molar-refractivity contribution in [2.45, 2.75) is 19.3 Å². The van der Waals surface area contributed by atoms with E-state index in [4.69, 9.17) is 5.41 Å². The van der Waals surface area contributed by atoms with Crippen LogP contribution in [0.25, 0.3) is 0 Å². The van der Waals surface area contributed by atoms with E-state index in [-0.39, 0.29) is 6.03 Å². The standard InChI is InChI=1S/C8H14BrN3O/c9-4-2-5-11-8(13)12-6-1-3-7(12)10/h10H,1-6H2,(H,11,13). The van der Waals surface area contributed by atoms with Crippen LogP contribution in [-0.4, -0.2) is 35.2 Å². The Kier molecular flexibility index (Phi) is 4.21. The zero-order valence-electron chi connectivity index (χ0n) is 7.48.